The van der Waals surface area contributed by atoms with Crippen molar-refractivity contribution in [2.75, 3.05) is 5.32 Å². The number of ketones is 2. The summed E-state index contributed by atoms with van der Waals surface area (Å²) in [4.78, 5) is 60.6. The molecular formula is C27H40N2O6. The number of anilines is 1. The Morgan fingerprint density at radius 3 is 2.03 bits per heavy atom. The molecule has 194 valence electrons. The minimum absolute atomic E-state index is 0.0365. The van der Waals surface area contributed by atoms with E-state index < -0.39 is 17.4 Å². The Morgan fingerprint density at radius 2 is 1.51 bits per heavy atom. The van der Waals surface area contributed by atoms with Gasteiger partial charge in [0.1, 0.15) is 24.2 Å². The molecule has 0 saturated carbocycles. The molecule has 0 spiro atoms. The second-order valence-electron chi connectivity index (χ2n) is 10.4. The monoisotopic (exact) mass is 488 g/mol. The molecule has 0 aromatic heterocycles. The Labute approximate surface area is 208 Å². The van der Waals surface area contributed by atoms with Crippen LogP contribution in [0.1, 0.15) is 79.7 Å². The standard InChI is InChI=1S/C27H40N2O6/c1-17(2)23(15-22(31)10-8-9-18(3)30)25(33)28-19(4)24(32)29-21-13-11-20(12-14-21)16-35-26(34)27(5,6)7/h11-14,17,19,23H,8-10,15-16H2,1-7H3,(H,28,33)(H,29,32)/t19-,23-/m0/s1. The summed E-state index contributed by atoms with van der Waals surface area (Å²) < 4.78 is 5.28. The van der Waals surface area contributed by atoms with Gasteiger partial charge in [0.25, 0.3) is 0 Å². The predicted octanol–water partition coefficient (Wildman–Crippen LogP) is 4.21. The average Bonchev–Trinajstić information content (AvgIpc) is 2.75. The molecule has 0 bridgehead atoms. The molecule has 35 heavy (non-hydrogen) atoms. The summed E-state index contributed by atoms with van der Waals surface area (Å²) in [6.45, 7) is 12.3. The maximum atomic E-state index is 12.8. The molecule has 0 aliphatic rings. The maximum absolute atomic E-state index is 12.8. The van der Waals surface area contributed by atoms with Crippen LogP contribution in [0.2, 0.25) is 0 Å². The van der Waals surface area contributed by atoms with Gasteiger partial charge in [0.2, 0.25) is 11.8 Å². The Kier molecular flexibility index (Phi) is 11.8. The van der Waals surface area contributed by atoms with Crippen LogP contribution in [0.15, 0.2) is 24.3 Å². The minimum Gasteiger partial charge on any atom is -0.460 e. The zero-order valence-corrected chi connectivity index (χ0v) is 22.0. The number of nitrogens with one attached hydrogen (secondary N) is 2. The van der Waals surface area contributed by atoms with Crippen molar-refractivity contribution in [3.63, 3.8) is 0 Å². The van der Waals surface area contributed by atoms with Crippen LogP contribution >= 0.6 is 0 Å². The summed E-state index contributed by atoms with van der Waals surface area (Å²) in [5, 5.41) is 5.45. The molecule has 0 fully saturated rings. The zero-order valence-electron chi connectivity index (χ0n) is 22.0. The largest absolute Gasteiger partial charge is 0.460 e. The van der Waals surface area contributed by atoms with Gasteiger partial charge in [-0.2, -0.15) is 0 Å². The van der Waals surface area contributed by atoms with Crippen molar-refractivity contribution in [1.29, 1.82) is 0 Å². The number of amides is 2. The van der Waals surface area contributed by atoms with E-state index in [1.807, 2.05) is 13.8 Å². The van der Waals surface area contributed by atoms with Gasteiger partial charge < -0.3 is 20.2 Å². The van der Waals surface area contributed by atoms with Crippen molar-refractivity contribution in [3.05, 3.63) is 29.8 Å². The lowest BCUT2D eigenvalue weighted by Gasteiger charge is -2.22. The zero-order chi connectivity index (χ0) is 26.8. The quantitative estimate of drug-likeness (QED) is 0.402. The van der Waals surface area contributed by atoms with Gasteiger partial charge in [0.05, 0.1) is 5.41 Å². The molecule has 8 heteroatoms. The van der Waals surface area contributed by atoms with E-state index in [0.717, 1.165) is 5.56 Å². The highest BCUT2D eigenvalue weighted by Crippen LogP contribution is 2.19. The Morgan fingerprint density at radius 1 is 0.914 bits per heavy atom. The molecule has 0 unspecified atom stereocenters. The fourth-order valence-electron chi connectivity index (χ4n) is 3.20. The second kappa shape index (κ2) is 13.8. The summed E-state index contributed by atoms with van der Waals surface area (Å²) in [7, 11) is 0. The number of rotatable bonds is 13. The van der Waals surface area contributed by atoms with Gasteiger partial charge in [-0.15, -0.1) is 0 Å². The summed E-state index contributed by atoms with van der Waals surface area (Å²) in [5.41, 5.74) is 0.754. The molecule has 2 N–H and O–H groups in total. The molecule has 1 aromatic carbocycles. The van der Waals surface area contributed by atoms with Crippen LogP contribution in [-0.4, -0.2) is 35.4 Å². The molecule has 8 nitrogen and oxygen atoms in total. The smallest absolute Gasteiger partial charge is 0.311 e. The number of benzene rings is 1. The summed E-state index contributed by atoms with van der Waals surface area (Å²) in [6, 6.07) is 6.10. The lowest BCUT2D eigenvalue weighted by Crippen LogP contribution is -2.45. The molecule has 0 aliphatic carbocycles. The third-order valence-corrected chi connectivity index (χ3v) is 5.53. The number of Topliss-reactive ketones (excluding diaryl/α,β-unsaturated/α-hetero) is 2. The highest BCUT2D eigenvalue weighted by Gasteiger charge is 2.27. The van der Waals surface area contributed by atoms with Crippen LogP contribution in [0.25, 0.3) is 0 Å². The van der Waals surface area contributed by atoms with Crippen molar-refractivity contribution in [2.45, 2.75) is 86.8 Å². The number of hydrogen-bond acceptors (Lipinski definition) is 6. The van der Waals surface area contributed by atoms with E-state index in [9.17, 15) is 24.0 Å². The molecule has 1 aromatic rings. The van der Waals surface area contributed by atoms with Crippen molar-refractivity contribution in [2.24, 2.45) is 17.3 Å². The van der Waals surface area contributed by atoms with Crippen LogP contribution in [0.3, 0.4) is 0 Å². The third kappa shape index (κ3) is 11.3. The van der Waals surface area contributed by atoms with Crippen molar-refractivity contribution < 1.29 is 28.7 Å². The SMILES string of the molecule is CC(=O)CCCC(=O)C[C@H](C(=O)N[C@@H](C)C(=O)Nc1ccc(COC(=O)C(C)(C)C)cc1)C(C)C. The first kappa shape index (κ1) is 30.0. The van der Waals surface area contributed by atoms with Crippen molar-refractivity contribution >= 4 is 35.0 Å². The Bertz CT molecular complexity index is 899. The number of carbonyl (C=O) groups is 5. The molecule has 2 amide bonds. The summed E-state index contributed by atoms with van der Waals surface area (Å²) >= 11 is 0. The Hall–Kier alpha value is -3.03. The first-order chi connectivity index (χ1) is 16.2. The van der Waals surface area contributed by atoms with Gasteiger partial charge in [0.15, 0.2) is 0 Å². The molecule has 0 radical (unpaired) electrons. The van der Waals surface area contributed by atoms with Crippen LogP contribution in [0.4, 0.5) is 5.69 Å². The molecular weight excluding hydrogens is 448 g/mol. The maximum Gasteiger partial charge on any atom is 0.311 e. The van der Waals surface area contributed by atoms with Gasteiger partial charge in [-0.1, -0.05) is 26.0 Å². The van der Waals surface area contributed by atoms with E-state index in [0.29, 0.717) is 18.5 Å². The number of carbonyl (C=O) groups excluding carboxylic acids is 5. The first-order valence-corrected chi connectivity index (χ1v) is 12.1. The molecule has 0 heterocycles. The summed E-state index contributed by atoms with van der Waals surface area (Å²) in [6.07, 6.45) is 1.18. The van der Waals surface area contributed by atoms with Crippen LogP contribution in [0, 0.1) is 17.3 Å². The van der Waals surface area contributed by atoms with Gasteiger partial charge in [-0.25, -0.2) is 0 Å². The topological polar surface area (TPSA) is 119 Å². The van der Waals surface area contributed by atoms with Crippen molar-refractivity contribution in [3.8, 4) is 0 Å². The third-order valence-electron chi connectivity index (χ3n) is 5.53. The van der Waals surface area contributed by atoms with Gasteiger partial charge in [-0.3, -0.25) is 19.2 Å². The highest BCUT2D eigenvalue weighted by atomic mass is 16.5. The normalized spacial score (nSPS) is 13.0. The minimum atomic E-state index is -0.802. The molecule has 0 saturated heterocycles. The van der Waals surface area contributed by atoms with Gasteiger partial charge in [-0.05, 0) is 64.7 Å². The van der Waals surface area contributed by atoms with Crippen molar-refractivity contribution in [1.82, 2.24) is 5.32 Å². The van der Waals surface area contributed by atoms with Gasteiger partial charge in [0, 0.05) is 30.9 Å². The number of ether oxygens (including phenoxy) is 1. The molecule has 1 rings (SSSR count). The lowest BCUT2D eigenvalue weighted by atomic mass is 9.88. The molecule has 0 aliphatic heterocycles. The lowest BCUT2D eigenvalue weighted by molar-refractivity contribution is -0.154. The van der Waals surface area contributed by atoms with Crippen LogP contribution < -0.4 is 10.6 Å². The second-order valence-corrected chi connectivity index (χ2v) is 10.4. The predicted molar refractivity (Wildman–Crippen MR) is 134 cm³/mol. The number of esters is 1. The highest BCUT2D eigenvalue weighted by molar-refractivity contribution is 5.97. The van der Waals surface area contributed by atoms with Crippen LogP contribution in [0.5, 0.6) is 0 Å². The fraction of sp³-hybridized carbons (Fsp3) is 0.593. The van der Waals surface area contributed by atoms with Crippen LogP contribution in [-0.2, 0) is 35.3 Å². The summed E-state index contributed by atoms with van der Waals surface area (Å²) in [5.74, 6) is -1.69. The number of hydrogen-bond donors (Lipinski definition) is 2. The fourth-order valence-corrected chi connectivity index (χ4v) is 3.20. The van der Waals surface area contributed by atoms with Gasteiger partial charge >= 0.3 is 5.97 Å². The van der Waals surface area contributed by atoms with E-state index in [-0.39, 0.29) is 54.7 Å². The van der Waals surface area contributed by atoms with E-state index >= 15 is 0 Å². The van der Waals surface area contributed by atoms with E-state index in [2.05, 4.69) is 10.6 Å². The van der Waals surface area contributed by atoms with E-state index in [4.69, 9.17) is 4.74 Å². The molecule has 2 atom stereocenters. The van der Waals surface area contributed by atoms with E-state index in [1.54, 1.807) is 52.0 Å². The average molecular weight is 489 g/mol. The van der Waals surface area contributed by atoms with E-state index in [1.165, 1.54) is 6.92 Å². The Balaban J connectivity index is 2.60. The first-order valence-electron chi connectivity index (χ1n) is 12.1.